The van der Waals surface area contributed by atoms with E-state index in [0.29, 0.717) is 11.1 Å². The molecule has 1 unspecified atom stereocenters. The minimum Gasteiger partial charge on any atom is -0.444 e. The van der Waals surface area contributed by atoms with Crippen molar-refractivity contribution in [2.75, 3.05) is 13.2 Å². The molecule has 0 aromatic heterocycles. The van der Waals surface area contributed by atoms with Crippen molar-refractivity contribution in [3.05, 3.63) is 28.8 Å². The number of nitrogens with one attached hydrogen (secondary N) is 5. The molecule has 2 aliphatic heterocycles. The fraction of sp³-hybridized carbons (Fsp3) is 0.810. The van der Waals surface area contributed by atoms with E-state index in [1.54, 1.807) is 104 Å². The second-order valence-corrected chi connectivity index (χ2v) is 29.4. The van der Waals surface area contributed by atoms with Crippen LogP contribution in [-0.2, 0) is 56.9 Å². The number of benzene rings is 1. The number of hydrogen-bond acceptors (Lipinski definition) is 21. The number of aliphatic hydroxyl groups is 4. The molecular weight excluding hydrogens is 1130 g/mol. The summed E-state index contributed by atoms with van der Waals surface area (Å²) in [7, 11) is -4.70. The highest BCUT2D eigenvalue weighted by Crippen LogP contribution is 2.38. The third-order valence-corrected chi connectivity index (χ3v) is 14.6. The molecule has 26 nitrogen and oxygen atoms in total. The van der Waals surface area contributed by atoms with E-state index in [9.17, 15) is 52.8 Å². The highest BCUT2D eigenvalue weighted by atomic mass is 32.2. The lowest BCUT2D eigenvalue weighted by Gasteiger charge is -2.49. The molecule has 4 rings (SSSR count). The topological polar surface area (TPSA) is 353 Å². The third kappa shape index (κ3) is 22.4. The molecule has 5 amide bonds. The molecule has 1 aromatic rings. The van der Waals surface area contributed by atoms with E-state index < -0.39 is 167 Å². The van der Waals surface area contributed by atoms with E-state index in [4.69, 9.17) is 46.8 Å². The molecule has 0 radical (unpaired) electrons. The summed E-state index contributed by atoms with van der Waals surface area (Å²) in [6.07, 6.45) is -23.4. The predicted molar refractivity (Wildman–Crippen MR) is 309 cm³/mol. The van der Waals surface area contributed by atoms with Crippen molar-refractivity contribution in [2.45, 2.75) is 294 Å². The van der Waals surface area contributed by atoms with E-state index in [1.807, 2.05) is 53.7 Å². The molecule has 9 N–H and O–H groups in total. The molecule has 2 saturated heterocycles. The maximum Gasteiger partial charge on any atom is 0.408 e. The Bertz CT molecular complexity index is 2520. The summed E-state index contributed by atoms with van der Waals surface area (Å²) in [6.45, 7) is 34.2. The summed E-state index contributed by atoms with van der Waals surface area (Å²) < 4.78 is 88.4. The number of rotatable bonds is 17. The lowest BCUT2D eigenvalue weighted by Crippen LogP contribution is -2.70. The van der Waals surface area contributed by atoms with Crippen molar-refractivity contribution in [1.29, 1.82) is 0 Å². The first kappa shape index (κ1) is 72.6. The first-order chi connectivity index (χ1) is 38.6. The van der Waals surface area contributed by atoms with Gasteiger partial charge in [-0.3, -0.25) is 4.18 Å². The van der Waals surface area contributed by atoms with Crippen molar-refractivity contribution in [3.8, 4) is 0 Å². The molecule has 1 saturated carbocycles. The minimum atomic E-state index is -4.70. The first-order valence-corrected chi connectivity index (χ1v) is 30.4. The van der Waals surface area contributed by atoms with Crippen LogP contribution in [0.15, 0.2) is 17.0 Å². The standard InChI is InChI=1S/C58H99N5O21S/c1-28(2)31-22-32(29(3)4)46(33(23-31)30(5)6)85(73,74)75-27-39-41(65)40(63-53(72)84-58(19,20)21)42(66)48(77-39)79-45-35(61-51(70)82-56(13,14)15)24-34(60-50(69)81-55(10,11)12)44(43(45)67)78-47-36(62-52(71)83-57(16,17)18)25-37(64)38(76-47)26-59-49(68)80-54(7,8)9/h22-23,28-30,34-45,47-48,64-67H,24-27H2,1-21H3,(H,59,68)(H,60,69)(H,61,70)(H,62,71)(H,63,72)/t34-,35+,36-,37+,38-,39-,40?,41-,42-,43+,44-,45+,47-,48-/m1/s1. The number of carbonyl (C=O) groups excluding carboxylic acids is 5. The van der Waals surface area contributed by atoms with Crippen molar-refractivity contribution in [1.82, 2.24) is 26.6 Å². The van der Waals surface area contributed by atoms with E-state index in [-0.39, 0.29) is 35.6 Å². The van der Waals surface area contributed by atoms with Crippen LogP contribution >= 0.6 is 0 Å². The van der Waals surface area contributed by atoms with Crippen LogP contribution in [-0.4, -0.2) is 186 Å². The van der Waals surface area contributed by atoms with E-state index in [2.05, 4.69) is 26.6 Å². The molecule has 1 aromatic carbocycles. The Morgan fingerprint density at radius 3 is 1.32 bits per heavy atom. The minimum absolute atomic E-state index is 0.0478. The monoisotopic (exact) mass is 1230 g/mol. The van der Waals surface area contributed by atoms with Crippen molar-refractivity contribution < 1.29 is 99.6 Å². The van der Waals surface area contributed by atoms with Crippen molar-refractivity contribution in [3.63, 3.8) is 0 Å². The van der Waals surface area contributed by atoms with Gasteiger partial charge in [0.2, 0.25) is 0 Å². The van der Waals surface area contributed by atoms with Gasteiger partial charge in [-0.25, -0.2) is 24.0 Å². The molecular formula is C58H99N5O21S. The van der Waals surface area contributed by atoms with Crippen LogP contribution in [0.2, 0.25) is 0 Å². The third-order valence-electron chi connectivity index (χ3n) is 13.2. The Kier molecular flexibility index (Phi) is 24.4. The zero-order valence-electron chi connectivity index (χ0n) is 53.4. The van der Waals surface area contributed by atoms with Crippen LogP contribution in [0.4, 0.5) is 24.0 Å². The van der Waals surface area contributed by atoms with Gasteiger partial charge < -0.3 is 89.6 Å². The molecule has 0 spiro atoms. The van der Waals surface area contributed by atoms with Gasteiger partial charge in [0.15, 0.2) is 12.6 Å². The van der Waals surface area contributed by atoms with Crippen LogP contribution in [0, 0.1) is 0 Å². The highest BCUT2D eigenvalue weighted by molar-refractivity contribution is 7.86. The molecule has 0 bridgehead atoms. The summed E-state index contributed by atoms with van der Waals surface area (Å²) in [5, 5.41) is 61.6. The molecule has 3 aliphatic rings. The van der Waals surface area contributed by atoms with E-state index in [1.165, 1.54) is 0 Å². The zero-order valence-corrected chi connectivity index (χ0v) is 54.3. The van der Waals surface area contributed by atoms with Gasteiger partial charge in [-0.05, 0) is 145 Å². The van der Waals surface area contributed by atoms with Gasteiger partial charge in [0, 0.05) is 13.0 Å². The van der Waals surface area contributed by atoms with Gasteiger partial charge in [0.25, 0.3) is 10.1 Å². The fourth-order valence-corrected chi connectivity index (χ4v) is 11.1. The van der Waals surface area contributed by atoms with Crippen LogP contribution < -0.4 is 26.6 Å². The van der Waals surface area contributed by atoms with Crippen LogP contribution in [0.25, 0.3) is 0 Å². The quantitative estimate of drug-likeness (QED) is 0.0608. The van der Waals surface area contributed by atoms with Gasteiger partial charge in [-0.1, -0.05) is 53.7 Å². The summed E-state index contributed by atoms with van der Waals surface area (Å²) >= 11 is 0. The molecule has 27 heteroatoms. The number of aliphatic hydroxyl groups excluding tert-OH is 4. The van der Waals surface area contributed by atoms with Gasteiger partial charge in [0.05, 0.1) is 36.9 Å². The van der Waals surface area contributed by atoms with Crippen LogP contribution in [0.1, 0.15) is 193 Å². The smallest absolute Gasteiger partial charge is 0.408 e. The van der Waals surface area contributed by atoms with E-state index >= 15 is 0 Å². The number of carbonyl (C=O) groups is 5. The Hall–Kier alpha value is -4.84. The number of ether oxygens (including phenoxy) is 9. The predicted octanol–water partition coefficient (Wildman–Crippen LogP) is 6.32. The SMILES string of the molecule is CC(C)c1cc(C(C)C)c(S(=O)(=O)OC[C@H]2O[C@H](O[C@@H]3[C@@H](O)[C@H](O[C@H]4O[C@H](CNC(=O)OC(C)(C)C)[C@@H](O)C[C@H]4NC(=O)OC(C)(C)C)[C@H](NC(=O)OC(C)(C)C)C[C@@H]3NC(=O)OC(C)(C)C)[C@H](O)C(NC(=O)OC(C)(C)C)[C@@H]2O)c(C(C)C)c1. The fourth-order valence-electron chi connectivity index (χ4n) is 9.54. The highest BCUT2D eigenvalue weighted by Gasteiger charge is 2.55. The van der Waals surface area contributed by atoms with Crippen LogP contribution in [0.3, 0.4) is 0 Å². The molecule has 14 atom stereocenters. The first-order valence-electron chi connectivity index (χ1n) is 29.0. The van der Waals surface area contributed by atoms with Crippen molar-refractivity contribution in [2.24, 2.45) is 0 Å². The Morgan fingerprint density at radius 2 is 0.906 bits per heavy atom. The normalized spacial score (nSPS) is 28.0. The number of hydrogen-bond donors (Lipinski definition) is 9. The maximum atomic E-state index is 14.6. The molecule has 2 heterocycles. The van der Waals surface area contributed by atoms with Gasteiger partial charge in [-0.15, -0.1) is 0 Å². The van der Waals surface area contributed by atoms with Gasteiger partial charge >= 0.3 is 30.5 Å². The number of alkyl carbamates (subject to hydrolysis) is 5. The van der Waals surface area contributed by atoms with Crippen molar-refractivity contribution >= 4 is 40.6 Å². The Balaban J connectivity index is 1.89. The Morgan fingerprint density at radius 1 is 0.518 bits per heavy atom. The van der Waals surface area contributed by atoms with Crippen LogP contribution in [0.5, 0.6) is 0 Å². The lowest BCUT2D eigenvalue weighted by molar-refractivity contribution is -0.317. The Labute approximate surface area is 501 Å². The lowest BCUT2D eigenvalue weighted by atomic mass is 9.83. The average Bonchev–Trinajstić information content (AvgIpc) is 2.32. The second-order valence-electron chi connectivity index (χ2n) is 27.8. The summed E-state index contributed by atoms with van der Waals surface area (Å²) in [6, 6.07) is -2.24. The maximum absolute atomic E-state index is 14.6. The van der Waals surface area contributed by atoms with Gasteiger partial charge in [-0.2, -0.15) is 8.42 Å². The summed E-state index contributed by atoms with van der Waals surface area (Å²) in [5.74, 6) is -0.539. The average molecular weight is 1230 g/mol. The summed E-state index contributed by atoms with van der Waals surface area (Å²) in [4.78, 5) is 67.3. The molecule has 1 aliphatic carbocycles. The largest absolute Gasteiger partial charge is 0.444 e. The molecule has 3 fully saturated rings. The van der Waals surface area contributed by atoms with E-state index in [0.717, 1.165) is 5.56 Å². The second kappa shape index (κ2) is 28.5. The zero-order chi connectivity index (χ0) is 64.9. The summed E-state index contributed by atoms with van der Waals surface area (Å²) in [5.41, 5.74) is -3.26. The molecule has 488 valence electrons. The number of amides is 5. The van der Waals surface area contributed by atoms with Gasteiger partial charge in [0.1, 0.15) is 75.6 Å². The molecule has 85 heavy (non-hydrogen) atoms.